The number of para-hydroxylation sites is 2. The first-order chi connectivity index (χ1) is 8.31. The van der Waals surface area contributed by atoms with Crippen molar-refractivity contribution in [3.05, 3.63) is 24.3 Å². The fourth-order valence-corrected chi connectivity index (χ4v) is 3.53. The van der Waals surface area contributed by atoms with Crippen LogP contribution in [-0.2, 0) is 0 Å². The van der Waals surface area contributed by atoms with Crippen LogP contribution < -0.4 is 5.73 Å². The number of rotatable bonds is 2. The van der Waals surface area contributed by atoms with Crippen molar-refractivity contribution in [1.29, 1.82) is 0 Å². The normalized spacial score (nSPS) is 25.2. The Labute approximate surface area is 105 Å². The zero-order chi connectivity index (χ0) is 11.7. The van der Waals surface area contributed by atoms with Crippen molar-refractivity contribution in [2.45, 2.75) is 42.2 Å². The quantitative estimate of drug-likeness (QED) is 0.886. The Morgan fingerprint density at radius 3 is 3.00 bits per heavy atom. The summed E-state index contributed by atoms with van der Waals surface area (Å²) in [6.07, 6.45) is 4.67. The number of aromatic nitrogens is 1. The fourth-order valence-electron chi connectivity index (χ4n) is 2.33. The first kappa shape index (κ1) is 11.1. The number of benzene rings is 1. The molecule has 0 radical (unpaired) electrons. The van der Waals surface area contributed by atoms with Gasteiger partial charge >= 0.3 is 0 Å². The van der Waals surface area contributed by atoms with E-state index in [1.54, 1.807) is 11.8 Å². The molecule has 0 aliphatic heterocycles. The Bertz CT molecular complexity index is 478. The third kappa shape index (κ3) is 2.48. The largest absolute Gasteiger partial charge is 0.431 e. The molecule has 0 bridgehead atoms. The molecule has 3 nitrogen and oxygen atoms in total. The molecule has 90 valence electrons. The summed E-state index contributed by atoms with van der Waals surface area (Å²) in [5, 5.41) is 1.34. The molecule has 0 spiro atoms. The first-order valence-corrected chi connectivity index (χ1v) is 6.97. The molecule has 1 heterocycles. The molecule has 1 aliphatic rings. The van der Waals surface area contributed by atoms with Crippen LogP contribution in [-0.4, -0.2) is 16.3 Å². The van der Waals surface area contributed by atoms with Crippen molar-refractivity contribution in [2.24, 2.45) is 5.73 Å². The molecular formula is C13H16N2OS. The molecule has 2 unspecified atom stereocenters. The second-order valence-electron chi connectivity index (χ2n) is 4.61. The third-order valence-electron chi connectivity index (χ3n) is 3.21. The van der Waals surface area contributed by atoms with E-state index in [4.69, 9.17) is 10.2 Å². The summed E-state index contributed by atoms with van der Waals surface area (Å²) in [6.45, 7) is 0. The van der Waals surface area contributed by atoms with Crippen LogP contribution in [0.15, 0.2) is 33.9 Å². The second kappa shape index (κ2) is 4.70. The number of oxazole rings is 1. The molecule has 3 rings (SSSR count). The molecule has 17 heavy (non-hydrogen) atoms. The zero-order valence-electron chi connectivity index (χ0n) is 9.63. The minimum atomic E-state index is 0.352. The van der Waals surface area contributed by atoms with Crippen molar-refractivity contribution in [3.63, 3.8) is 0 Å². The molecule has 1 aromatic carbocycles. The average molecular weight is 248 g/mol. The van der Waals surface area contributed by atoms with Crippen LogP contribution in [0.2, 0.25) is 0 Å². The van der Waals surface area contributed by atoms with Crippen LogP contribution in [0.5, 0.6) is 0 Å². The van der Waals surface area contributed by atoms with Gasteiger partial charge < -0.3 is 10.2 Å². The van der Waals surface area contributed by atoms with Crippen molar-refractivity contribution >= 4 is 22.9 Å². The number of hydrogen-bond donors (Lipinski definition) is 1. The Morgan fingerprint density at radius 2 is 2.18 bits per heavy atom. The maximum Gasteiger partial charge on any atom is 0.257 e. The van der Waals surface area contributed by atoms with Gasteiger partial charge in [0.25, 0.3) is 5.22 Å². The monoisotopic (exact) mass is 248 g/mol. The summed E-state index contributed by atoms with van der Waals surface area (Å²) < 4.78 is 5.72. The molecule has 1 saturated carbocycles. The summed E-state index contributed by atoms with van der Waals surface area (Å²) in [7, 11) is 0. The summed E-state index contributed by atoms with van der Waals surface area (Å²) in [6, 6.07) is 8.24. The van der Waals surface area contributed by atoms with Crippen molar-refractivity contribution in [3.8, 4) is 0 Å². The van der Waals surface area contributed by atoms with E-state index in [1.807, 2.05) is 24.3 Å². The van der Waals surface area contributed by atoms with E-state index < -0.39 is 0 Å². The summed E-state index contributed by atoms with van der Waals surface area (Å²) >= 11 is 1.74. The molecule has 2 atom stereocenters. The van der Waals surface area contributed by atoms with E-state index in [0.717, 1.165) is 29.2 Å². The van der Waals surface area contributed by atoms with E-state index in [9.17, 15) is 0 Å². The molecule has 0 amide bonds. The number of nitrogens with zero attached hydrogens (tertiary/aromatic N) is 1. The fraction of sp³-hybridized carbons (Fsp3) is 0.462. The minimum Gasteiger partial charge on any atom is -0.431 e. The van der Waals surface area contributed by atoms with E-state index in [1.165, 1.54) is 12.8 Å². The van der Waals surface area contributed by atoms with Gasteiger partial charge in [-0.25, -0.2) is 4.98 Å². The molecule has 2 N–H and O–H groups in total. The molecule has 1 fully saturated rings. The average Bonchev–Trinajstić information content (AvgIpc) is 2.71. The SMILES string of the molecule is NC1CCCC(Sc2nc3ccccc3o2)C1. The number of nitrogens with two attached hydrogens (primary N) is 1. The number of thioether (sulfide) groups is 1. The van der Waals surface area contributed by atoms with Crippen LogP contribution in [0.4, 0.5) is 0 Å². The molecule has 2 aromatic rings. The predicted molar refractivity (Wildman–Crippen MR) is 70.1 cm³/mol. The van der Waals surface area contributed by atoms with Gasteiger partial charge in [0, 0.05) is 11.3 Å². The van der Waals surface area contributed by atoms with Crippen molar-refractivity contribution < 1.29 is 4.42 Å². The maximum absolute atomic E-state index is 5.99. The van der Waals surface area contributed by atoms with Gasteiger partial charge in [-0.05, 0) is 31.4 Å². The molecular weight excluding hydrogens is 232 g/mol. The van der Waals surface area contributed by atoms with Gasteiger partial charge in [0.2, 0.25) is 0 Å². The van der Waals surface area contributed by atoms with Crippen LogP contribution >= 0.6 is 11.8 Å². The van der Waals surface area contributed by atoms with E-state index in [0.29, 0.717) is 11.3 Å². The van der Waals surface area contributed by atoms with Gasteiger partial charge in [0.15, 0.2) is 5.58 Å². The first-order valence-electron chi connectivity index (χ1n) is 6.09. The van der Waals surface area contributed by atoms with E-state index >= 15 is 0 Å². The maximum atomic E-state index is 5.99. The minimum absolute atomic E-state index is 0.352. The Kier molecular flexibility index (Phi) is 3.07. The highest BCUT2D eigenvalue weighted by Crippen LogP contribution is 2.34. The highest BCUT2D eigenvalue weighted by Gasteiger charge is 2.22. The van der Waals surface area contributed by atoms with Crippen LogP contribution in [0.25, 0.3) is 11.1 Å². The summed E-state index contributed by atoms with van der Waals surface area (Å²) in [4.78, 5) is 4.49. The highest BCUT2D eigenvalue weighted by molar-refractivity contribution is 7.99. The number of fused-ring (bicyclic) bond motifs is 1. The second-order valence-corrected chi connectivity index (χ2v) is 5.87. The molecule has 1 aromatic heterocycles. The van der Waals surface area contributed by atoms with Gasteiger partial charge in [-0.1, -0.05) is 30.3 Å². The Balaban J connectivity index is 1.75. The standard InChI is InChI=1S/C13H16N2OS/c14-9-4-3-5-10(8-9)17-13-15-11-6-1-2-7-12(11)16-13/h1-2,6-7,9-10H,3-5,8,14H2. The van der Waals surface area contributed by atoms with E-state index in [2.05, 4.69) is 4.98 Å². The lowest BCUT2D eigenvalue weighted by atomic mass is 9.96. The van der Waals surface area contributed by atoms with Crippen molar-refractivity contribution in [2.75, 3.05) is 0 Å². The zero-order valence-corrected chi connectivity index (χ0v) is 10.5. The topological polar surface area (TPSA) is 52.0 Å². The van der Waals surface area contributed by atoms with Gasteiger partial charge in [-0.2, -0.15) is 0 Å². The number of hydrogen-bond acceptors (Lipinski definition) is 4. The summed E-state index contributed by atoms with van der Waals surface area (Å²) in [5.41, 5.74) is 7.80. The lowest BCUT2D eigenvalue weighted by molar-refractivity contribution is 0.443. The lowest BCUT2D eigenvalue weighted by Crippen LogP contribution is -2.29. The smallest absolute Gasteiger partial charge is 0.257 e. The lowest BCUT2D eigenvalue weighted by Gasteiger charge is -2.24. The van der Waals surface area contributed by atoms with Crippen LogP contribution in [0.1, 0.15) is 25.7 Å². The van der Waals surface area contributed by atoms with Crippen LogP contribution in [0, 0.1) is 0 Å². The third-order valence-corrected chi connectivity index (χ3v) is 4.35. The van der Waals surface area contributed by atoms with Gasteiger partial charge in [0.1, 0.15) is 5.52 Å². The van der Waals surface area contributed by atoms with Crippen LogP contribution in [0.3, 0.4) is 0 Å². The summed E-state index contributed by atoms with van der Waals surface area (Å²) in [5.74, 6) is 0. The van der Waals surface area contributed by atoms with Gasteiger partial charge in [-0.15, -0.1) is 0 Å². The Morgan fingerprint density at radius 1 is 1.29 bits per heavy atom. The van der Waals surface area contributed by atoms with Gasteiger partial charge in [0.05, 0.1) is 0 Å². The molecule has 0 saturated heterocycles. The Hall–Kier alpha value is -1.00. The van der Waals surface area contributed by atoms with E-state index in [-0.39, 0.29) is 0 Å². The highest BCUT2D eigenvalue weighted by atomic mass is 32.2. The molecule has 1 aliphatic carbocycles. The van der Waals surface area contributed by atoms with Crippen molar-refractivity contribution in [1.82, 2.24) is 4.98 Å². The predicted octanol–water partition coefficient (Wildman–Crippen LogP) is 3.19. The molecule has 4 heteroatoms. The van der Waals surface area contributed by atoms with Gasteiger partial charge in [-0.3, -0.25) is 0 Å².